The number of rotatable bonds is 12. The smallest absolute Gasteiger partial charge is 0.407 e. The van der Waals surface area contributed by atoms with Crippen molar-refractivity contribution in [2.45, 2.75) is 115 Å². The molecule has 2 aromatic heterocycles. The number of carbonyl (C=O) groups is 5. The zero-order valence-electron chi connectivity index (χ0n) is 42.0. The summed E-state index contributed by atoms with van der Waals surface area (Å²) < 4.78 is 26.3. The van der Waals surface area contributed by atoms with E-state index < -0.39 is 36.2 Å². The van der Waals surface area contributed by atoms with Gasteiger partial charge in [-0.1, -0.05) is 39.8 Å². The lowest BCUT2D eigenvalue weighted by Gasteiger charge is -2.40. The summed E-state index contributed by atoms with van der Waals surface area (Å²) in [7, 11) is 2.55. The summed E-state index contributed by atoms with van der Waals surface area (Å²) in [5.41, 5.74) is 6.22. The second-order valence-corrected chi connectivity index (χ2v) is 20.3. The highest BCUT2D eigenvalue weighted by Crippen LogP contribution is 2.49. The van der Waals surface area contributed by atoms with E-state index in [0.717, 1.165) is 58.9 Å². The first-order valence-corrected chi connectivity index (χ1v) is 25.2. The molecule has 0 radical (unpaired) electrons. The zero-order chi connectivity index (χ0) is 51.1. The number of fused-ring (bicyclic) bond motifs is 2. The molecule has 19 nitrogen and oxygen atoms in total. The molecule has 4 saturated heterocycles. The number of alkyl carbamates (subject to hydrolysis) is 2. The molecule has 3 aromatic carbocycles. The Labute approximate surface area is 417 Å². The largest absolute Gasteiger partial charge is 0.465 e. The van der Waals surface area contributed by atoms with Crippen molar-refractivity contribution in [1.29, 1.82) is 0 Å². The Hall–Kier alpha value is -7.12. The number of nitrogens with one attached hydrogen (secondary N) is 4. The van der Waals surface area contributed by atoms with E-state index in [1.165, 1.54) is 19.1 Å². The molecule has 5 aromatic rings. The van der Waals surface area contributed by atoms with Crippen LogP contribution in [0.2, 0.25) is 0 Å². The molecule has 0 saturated carbocycles. The lowest BCUT2D eigenvalue weighted by molar-refractivity contribution is -0.136. The van der Waals surface area contributed by atoms with Crippen LogP contribution in [-0.2, 0) is 19.1 Å². The average Bonchev–Trinajstić information content (AvgIpc) is 4.22. The number of halogens is 1. The highest BCUT2D eigenvalue weighted by Gasteiger charge is 2.41. The Morgan fingerprint density at radius 2 is 1.17 bits per heavy atom. The number of nitrogens with zero attached hydrogens (tertiary/aromatic N) is 7. The molecular formula is C52H66FN11O8. The Bertz CT molecular complexity index is 2710. The van der Waals surface area contributed by atoms with E-state index in [4.69, 9.17) is 19.4 Å². The molecule has 0 aliphatic carbocycles. The highest BCUT2D eigenvalue weighted by atomic mass is 19.1. The fraction of sp³-hybridized carbons (Fsp3) is 0.519. The van der Waals surface area contributed by atoms with E-state index in [1.807, 2.05) is 57.7 Å². The summed E-state index contributed by atoms with van der Waals surface area (Å²) in [4.78, 5) is 90.4. The van der Waals surface area contributed by atoms with Crippen molar-refractivity contribution >= 4 is 63.5 Å². The third kappa shape index (κ3) is 9.66. The minimum atomic E-state index is -0.987. The van der Waals surface area contributed by atoms with E-state index in [9.17, 15) is 29.1 Å². The van der Waals surface area contributed by atoms with Crippen LogP contribution in [0, 0.1) is 17.7 Å². The molecule has 20 heteroatoms. The van der Waals surface area contributed by atoms with Crippen molar-refractivity contribution < 1.29 is 42.9 Å². The number of amides is 5. The van der Waals surface area contributed by atoms with Crippen molar-refractivity contribution in [2.24, 2.45) is 11.8 Å². The van der Waals surface area contributed by atoms with E-state index in [1.54, 1.807) is 21.9 Å². The van der Waals surface area contributed by atoms with Crippen molar-refractivity contribution in [3.63, 3.8) is 0 Å². The van der Waals surface area contributed by atoms with Crippen molar-refractivity contribution in [3.8, 4) is 0 Å². The van der Waals surface area contributed by atoms with Gasteiger partial charge in [-0.2, -0.15) is 0 Å². The van der Waals surface area contributed by atoms with Crippen LogP contribution in [0.3, 0.4) is 0 Å². The second-order valence-electron chi connectivity index (χ2n) is 20.3. The molecule has 6 heterocycles. The molecule has 4 fully saturated rings. The van der Waals surface area contributed by atoms with Crippen LogP contribution in [0.4, 0.5) is 30.1 Å². The van der Waals surface area contributed by atoms with Crippen molar-refractivity contribution in [1.82, 2.24) is 45.3 Å². The number of H-pyrrole nitrogens is 2. The minimum Gasteiger partial charge on any atom is -0.465 e. The third-order valence-corrected chi connectivity index (χ3v) is 15.1. The summed E-state index contributed by atoms with van der Waals surface area (Å²) in [6, 6.07) is 14.8. The predicted molar refractivity (Wildman–Crippen MR) is 268 cm³/mol. The molecule has 9 rings (SSSR count). The first kappa shape index (κ1) is 49.8. The quantitative estimate of drug-likeness (QED) is 0.0804. The van der Waals surface area contributed by atoms with Gasteiger partial charge in [0.1, 0.15) is 29.5 Å². The van der Waals surface area contributed by atoms with E-state index in [0.29, 0.717) is 62.0 Å². The summed E-state index contributed by atoms with van der Waals surface area (Å²) in [5.74, 6) is 0.223. The molecule has 5 N–H and O–H groups in total. The molecule has 384 valence electrons. The Kier molecular flexibility index (Phi) is 14.2. The van der Waals surface area contributed by atoms with Gasteiger partial charge in [-0.05, 0) is 111 Å². The van der Waals surface area contributed by atoms with Gasteiger partial charge >= 0.3 is 18.3 Å². The number of likely N-dealkylation sites (tertiary alicyclic amines) is 2. The lowest BCUT2D eigenvalue weighted by Crippen LogP contribution is -2.53. The summed E-state index contributed by atoms with van der Waals surface area (Å²) in [6.07, 6.45) is 2.16. The van der Waals surface area contributed by atoms with Gasteiger partial charge in [0.2, 0.25) is 11.8 Å². The molecule has 4 aliphatic heterocycles. The number of aromatic amines is 2. The summed E-state index contributed by atoms with van der Waals surface area (Å²) >= 11 is 0. The maximum atomic E-state index is 16.6. The molecule has 0 spiro atoms. The number of carboxylic acid groups (broad SMARTS) is 1. The number of imidazole rings is 2. The van der Waals surface area contributed by atoms with E-state index in [2.05, 4.69) is 49.8 Å². The number of benzene rings is 3. The number of methoxy groups -OCH3 is 2. The molecule has 7 atom stereocenters. The summed E-state index contributed by atoms with van der Waals surface area (Å²) in [5, 5.41) is 15.1. The first-order chi connectivity index (χ1) is 34.5. The lowest BCUT2D eigenvalue weighted by atomic mass is 10.0. The molecule has 5 amide bonds. The fourth-order valence-corrected chi connectivity index (χ4v) is 11.4. The fourth-order valence-electron chi connectivity index (χ4n) is 11.4. The number of hydrogen-bond donors (Lipinski definition) is 5. The average molecular weight is 992 g/mol. The number of hydrogen-bond acceptors (Lipinski definition) is 11. The van der Waals surface area contributed by atoms with Crippen LogP contribution in [-0.4, -0.2) is 135 Å². The van der Waals surface area contributed by atoms with Gasteiger partial charge in [0.05, 0.1) is 66.1 Å². The molecule has 4 aliphatic rings. The Morgan fingerprint density at radius 1 is 0.667 bits per heavy atom. The standard InChI is InChI=1S/C52H66FN11O8/c1-28(2)44(58-50(67)71-6)48(65)62-20-8-10-42(62)46-54-35-15-12-31(24-37(35)56-46)39-18-19-40(64(39)33-14-17-41(34(53)26-33)60-22-23-61(52(69)70)30(5)27-60)32-13-16-36-38(25-32)57-47(55-36)43-11-9-21-63(43)49(66)45(29(3)4)59-51(68)72-7/h12-17,24-26,28-30,39-40,42-45H,8-11,18-23,27H2,1-7H3,(H,54,56)(H,55,57)(H,58,67)(H,59,68)(H,69,70)/t30?,39-,40-,42+,43+,44+,45+/m1/s1. The third-order valence-electron chi connectivity index (χ3n) is 15.1. The highest BCUT2D eigenvalue weighted by molar-refractivity contribution is 5.88. The Morgan fingerprint density at radius 3 is 1.60 bits per heavy atom. The first-order valence-electron chi connectivity index (χ1n) is 25.2. The van der Waals surface area contributed by atoms with E-state index >= 15 is 4.39 Å². The summed E-state index contributed by atoms with van der Waals surface area (Å²) in [6.45, 7) is 11.4. The topological polar surface area (TPSA) is 222 Å². The van der Waals surface area contributed by atoms with Crippen LogP contribution in [0.25, 0.3) is 22.1 Å². The van der Waals surface area contributed by atoms with Crippen LogP contribution in [0.1, 0.15) is 120 Å². The van der Waals surface area contributed by atoms with Gasteiger partial charge in [0.25, 0.3) is 0 Å². The minimum absolute atomic E-state index is 0.168. The van der Waals surface area contributed by atoms with Crippen LogP contribution >= 0.6 is 0 Å². The predicted octanol–water partition coefficient (Wildman–Crippen LogP) is 7.94. The van der Waals surface area contributed by atoms with Crippen LogP contribution in [0.5, 0.6) is 0 Å². The normalized spacial score (nSPS) is 22.3. The van der Waals surface area contributed by atoms with Gasteiger partial charge in [0, 0.05) is 44.5 Å². The molecule has 1 unspecified atom stereocenters. The zero-order valence-corrected chi connectivity index (χ0v) is 42.0. The second kappa shape index (κ2) is 20.5. The molecule has 72 heavy (non-hydrogen) atoms. The SMILES string of the molecule is COC(=O)N[C@H](C(=O)N1CCC[C@H]1c1nc2ccc([C@H]3CC[C@H](c4ccc5nc([C@@H]6CCCN6C(=O)[C@@H](NC(=O)OC)C(C)C)[nH]c5c4)N3c3ccc(N4CCN(C(=O)O)C(C)C4)c(F)c3)cc2[nH]1)C(C)C. The Balaban J connectivity index is 1.03. The van der Waals surface area contributed by atoms with Crippen molar-refractivity contribution in [3.05, 3.63) is 83.2 Å². The van der Waals surface area contributed by atoms with Gasteiger partial charge in [0.15, 0.2) is 0 Å². The monoisotopic (exact) mass is 992 g/mol. The van der Waals surface area contributed by atoms with Gasteiger partial charge in [-0.15, -0.1) is 0 Å². The number of aromatic nitrogens is 4. The van der Waals surface area contributed by atoms with Gasteiger partial charge in [-0.3, -0.25) is 9.59 Å². The van der Waals surface area contributed by atoms with Gasteiger partial charge in [-0.25, -0.2) is 28.7 Å². The number of anilines is 2. The van der Waals surface area contributed by atoms with Gasteiger partial charge < -0.3 is 59.7 Å². The maximum absolute atomic E-state index is 16.6. The maximum Gasteiger partial charge on any atom is 0.407 e. The van der Waals surface area contributed by atoms with Crippen molar-refractivity contribution in [2.75, 3.05) is 56.7 Å². The number of carbonyl (C=O) groups excluding carboxylic acids is 4. The van der Waals surface area contributed by atoms with E-state index in [-0.39, 0.29) is 60.4 Å². The van der Waals surface area contributed by atoms with Crippen LogP contribution in [0.15, 0.2) is 54.6 Å². The number of piperazine rings is 1. The molecular weight excluding hydrogens is 926 g/mol. The number of ether oxygens (including phenoxy) is 2. The van der Waals surface area contributed by atoms with Crippen LogP contribution < -0.4 is 20.4 Å². The molecule has 0 bridgehead atoms.